The molecule has 16 heavy (non-hydrogen) atoms. The molecule has 1 aromatic heterocycles. The first-order valence-electron chi connectivity index (χ1n) is 5.62. The molecular formula is C12H21N3O. The van der Waals surface area contributed by atoms with Crippen molar-refractivity contribution in [3.8, 4) is 0 Å². The van der Waals surface area contributed by atoms with Crippen molar-refractivity contribution in [2.75, 3.05) is 13.2 Å². The van der Waals surface area contributed by atoms with Gasteiger partial charge in [-0.1, -0.05) is 19.1 Å². The summed E-state index contributed by atoms with van der Waals surface area (Å²) in [6, 6.07) is 0.0589. The van der Waals surface area contributed by atoms with Gasteiger partial charge >= 0.3 is 0 Å². The Morgan fingerprint density at radius 2 is 2.44 bits per heavy atom. The zero-order valence-electron chi connectivity index (χ0n) is 10.1. The molecule has 1 heterocycles. The van der Waals surface area contributed by atoms with E-state index in [4.69, 9.17) is 10.5 Å². The summed E-state index contributed by atoms with van der Waals surface area (Å²) in [5.74, 6) is 0. The molecule has 0 aliphatic carbocycles. The Balaban J connectivity index is 2.41. The fourth-order valence-corrected chi connectivity index (χ4v) is 1.44. The predicted octanol–water partition coefficient (Wildman–Crippen LogP) is 1.89. The van der Waals surface area contributed by atoms with E-state index in [-0.39, 0.29) is 6.04 Å². The maximum Gasteiger partial charge on any atom is 0.0949 e. The summed E-state index contributed by atoms with van der Waals surface area (Å²) in [7, 11) is 0. The van der Waals surface area contributed by atoms with Crippen molar-refractivity contribution >= 4 is 0 Å². The van der Waals surface area contributed by atoms with Gasteiger partial charge in [-0.25, -0.2) is 4.98 Å². The highest BCUT2D eigenvalue weighted by Crippen LogP contribution is 2.12. The Labute approximate surface area is 97.1 Å². The van der Waals surface area contributed by atoms with E-state index >= 15 is 0 Å². The summed E-state index contributed by atoms with van der Waals surface area (Å²) in [6.07, 6.45) is 4.54. The molecule has 2 N–H and O–H groups in total. The molecule has 0 spiro atoms. The molecule has 0 unspecified atom stereocenters. The summed E-state index contributed by atoms with van der Waals surface area (Å²) in [4.78, 5) is 4.11. The topological polar surface area (TPSA) is 53.1 Å². The summed E-state index contributed by atoms with van der Waals surface area (Å²) < 4.78 is 7.50. The molecule has 0 saturated heterocycles. The Kier molecular flexibility index (Phi) is 5.22. The van der Waals surface area contributed by atoms with Gasteiger partial charge < -0.3 is 15.0 Å². The largest absolute Gasteiger partial charge is 0.375 e. The van der Waals surface area contributed by atoms with Gasteiger partial charge in [0.15, 0.2) is 0 Å². The zero-order chi connectivity index (χ0) is 12.0. The minimum Gasteiger partial charge on any atom is -0.375 e. The molecular weight excluding hydrogens is 202 g/mol. The van der Waals surface area contributed by atoms with E-state index in [9.17, 15) is 0 Å². The lowest BCUT2D eigenvalue weighted by Crippen LogP contribution is -2.16. The van der Waals surface area contributed by atoms with Crippen LogP contribution < -0.4 is 5.73 Å². The highest BCUT2D eigenvalue weighted by molar-refractivity contribution is 5.04. The smallest absolute Gasteiger partial charge is 0.0949 e. The number of aromatic nitrogens is 2. The van der Waals surface area contributed by atoms with Gasteiger partial charge in [-0.3, -0.25) is 0 Å². The molecule has 1 atom stereocenters. The lowest BCUT2D eigenvalue weighted by Gasteiger charge is -2.13. The van der Waals surface area contributed by atoms with E-state index in [0.29, 0.717) is 13.2 Å². The quantitative estimate of drug-likeness (QED) is 0.567. The fraction of sp³-hybridized carbons (Fsp3) is 0.583. The number of imidazole rings is 1. The van der Waals surface area contributed by atoms with E-state index in [1.165, 1.54) is 0 Å². The van der Waals surface area contributed by atoms with Crippen LogP contribution in [-0.4, -0.2) is 22.8 Å². The van der Waals surface area contributed by atoms with Crippen molar-refractivity contribution in [2.45, 2.75) is 32.9 Å². The average molecular weight is 223 g/mol. The normalized spacial score (nSPS) is 12.7. The first-order valence-corrected chi connectivity index (χ1v) is 5.62. The number of nitrogens with two attached hydrogens (primary N) is 1. The first-order chi connectivity index (χ1) is 7.65. The monoisotopic (exact) mass is 223 g/mol. The Bertz CT molecular complexity index is 333. The zero-order valence-corrected chi connectivity index (χ0v) is 10.1. The third-order valence-electron chi connectivity index (χ3n) is 2.39. The third kappa shape index (κ3) is 3.79. The summed E-state index contributed by atoms with van der Waals surface area (Å²) >= 11 is 0. The molecule has 0 bridgehead atoms. The standard InChI is InChI=1S/C12H21N3O/c1-4-11(13)12-7-14-9-15(12)5-6-16-8-10(2)3/h7,9,11H,2,4-6,8,13H2,1,3H3/t11-/m1/s1. The third-order valence-corrected chi connectivity index (χ3v) is 2.39. The highest BCUT2D eigenvalue weighted by Gasteiger charge is 2.08. The van der Waals surface area contributed by atoms with Gasteiger partial charge in [-0.2, -0.15) is 0 Å². The molecule has 4 heteroatoms. The Hall–Kier alpha value is -1.13. The summed E-state index contributed by atoms with van der Waals surface area (Å²) in [6.45, 7) is 9.87. The maximum atomic E-state index is 5.98. The Morgan fingerprint density at radius 1 is 1.69 bits per heavy atom. The second-order valence-electron chi connectivity index (χ2n) is 4.04. The van der Waals surface area contributed by atoms with Crippen LogP contribution in [0, 0.1) is 0 Å². The van der Waals surface area contributed by atoms with Crippen molar-refractivity contribution in [1.29, 1.82) is 0 Å². The maximum absolute atomic E-state index is 5.98. The molecule has 1 rings (SSSR count). The Morgan fingerprint density at radius 3 is 3.06 bits per heavy atom. The summed E-state index contributed by atoms with van der Waals surface area (Å²) in [5.41, 5.74) is 8.09. The van der Waals surface area contributed by atoms with Gasteiger partial charge in [0.1, 0.15) is 0 Å². The number of hydrogen-bond acceptors (Lipinski definition) is 3. The minimum absolute atomic E-state index is 0.0589. The van der Waals surface area contributed by atoms with E-state index in [0.717, 1.165) is 24.2 Å². The van der Waals surface area contributed by atoms with Gasteiger partial charge in [0.2, 0.25) is 0 Å². The van der Waals surface area contributed by atoms with Crippen LogP contribution in [0.4, 0.5) is 0 Å². The van der Waals surface area contributed by atoms with Crippen LogP contribution in [0.2, 0.25) is 0 Å². The van der Waals surface area contributed by atoms with Crippen LogP contribution >= 0.6 is 0 Å². The summed E-state index contributed by atoms with van der Waals surface area (Å²) in [5, 5.41) is 0. The minimum atomic E-state index is 0.0589. The molecule has 0 radical (unpaired) electrons. The number of ether oxygens (including phenoxy) is 1. The van der Waals surface area contributed by atoms with E-state index in [1.807, 2.05) is 17.7 Å². The molecule has 0 fully saturated rings. The van der Waals surface area contributed by atoms with Crippen molar-refractivity contribution in [2.24, 2.45) is 5.73 Å². The fourth-order valence-electron chi connectivity index (χ4n) is 1.44. The van der Waals surface area contributed by atoms with Crippen molar-refractivity contribution < 1.29 is 4.74 Å². The van der Waals surface area contributed by atoms with Gasteiger partial charge in [-0.15, -0.1) is 0 Å². The predicted molar refractivity (Wildman–Crippen MR) is 65.1 cm³/mol. The van der Waals surface area contributed by atoms with Crippen molar-refractivity contribution in [3.05, 3.63) is 30.4 Å². The first kappa shape index (κ1) is 12.9. The van der Waals surface area contributed by atoms with Crippen LogP contribution in [0.25, 0.3) is 0 Å². The van der Waals surface area contributed by atoms with Crippen LogP contribution in [0.5, 0.6) is 0 Å². The van der Waals surface area contributed by atoms with Gasteiger partial charge in [0.05, 0.1) is 25.2 Å². The molecule has 90 valence electrons. The second kappa shape index (κ2) is 6.45. The van der Waals surface area contributed by atoms with Crippen LogP contribution in [0.3, 0.4) is 0 Å². The van der Waals surface area contributed by atoms with Crippen LogP contribution in [-0.2, 0) is 11.3 Å². The molecule has 0 aromatic carbocycles. The van der Waals surface area contributed by atoms with E-state index < -0.39 is 0 Å². The van der Waals surface area contributed by atoms with Crippen LogP contribution in [0.1, 0.15) is 32.0 Å². The number of rotatable bonds is 7. The van der Waals surface area contributed by atoms with Crippen molar-refractivity contribution in [1.82, 2.24) is 9.55 Å². The van der Waals surface area contributed by atoms with Gasteiger partial charge in [0.25, 0.3) is 0 Å². The van der Waals surface area contributed by atoms with Gasteiger partial charge in [-0.05, 0) is 13.3 Å². The molecule has 0 amide bonds. The lowest BCUT2D eigenvalue weighted by molar-refractivity contribution is 0.146. The van der Waals surface area contributed by atoms with Gasteiger partial charge in [0, 0.05) is 18.8 Å². The second-order valence-corrected chi connectivity index (χ2v) is 4.04. The number of nitrogens with zero attached hydrogens (tertiary/aromatic N) is 2. The number of hydrogen-bond donors (Lipinski definition) is 1. The van der Waals surface area contributed by atoms with Crippen molar-refractivity contribution in [3.63, 3.8) is 0 Å². The molecule has 1 aromatic rings. The lowest BCUT2D eigenvalue weighted by atomic mass is 10.2. The van der Waals surface area contributed by atoms with E-state index in [1.54, 1.807) is 6.33 Å². The SMILES string of the molecule is C=C(C)COCCn1cncc1[C@H](N)CC. The van der Waals surface area contributed by atoms with Crippen LogP contribution in [0.15, 0.2) is 24.7 Å². The molecule has 0 aliphatic rings. The molecule has 0 aliphatic heterocycles. The average Bonchev–Trinajstić information content (AvgIpc) is 2.71. The molecule has 4 nitrogen and oxygen atoms in total. The highest BCUT2D eigenvalue weighted by atomic mass is 16.5. The molecule has 0 saturated carbocycles. The van der Waals surface area contributed by atoms with E-state index in [2.05, 4.69) is 18.5 Å².